The zero-order chi connectivity index (χ0) is 15.8. The minimum absolute atomic E-state index is 0.0651. The Morgan fingerprint density at radius 2 is 1.91 bits per heavy atom. The number of hydrogen-bond donors (Lipinski definition) is 1. The second kappa shape index (κ2) is 5.57. The number of rotatable bonds is 2. The van der Waals surface area contributed by atoms with Crippen molar-refractivity contribution in [1.29, 1.82) is 0 Å². The molecule has 2 aliphatic heterocycles. The number of fused-ring (bicyclic) bond motifs is 1. The quantitative estimate of drug-likeness (QED) is 0.927. The fourth-order valence-electron chi connectivity index (χ4n) is 3.69. The van der Waals surface area contributed by atoms with Gasteiger partial charge in [0, 0.05) is 18.8 Å². The van der Waals surface area contributed by atoms with Crippen molar-refractivity contribution in [3.63, 3.8) is 0 Å². The topological polar surface area (TPSA) is 62.6 Å². The molecule has 4 rings (SSSR count). The van der Waals surface area contributed by atoms with Crippen molar-refractivity contribution in [1.82, 2.24) is 4.90 Å². The number of hydrogen-bond acceptors (Lipinski definition) is 3. The number of amides is 2. The Bertz CT molecular complexity index is 730. The van der Waals surface area contributed by atoms with E-state index in [1.54, 1.807) is 12.1 Å². The van der Waals surface area contributed by atoms with Gasteiger partial charge < -0.3 is 14.6 Å². The van der Waals surface area contributed by atoms with Gasteiger partial charge >= 0.3 is 0 Å². The molecule has 0 saturated carbocycles. The molecule has 3 heterocycles. The third-order valence-electron chi connectivity index (χ3n) is 4.87. The lowest BCUT2D eigenvalue weighted by Gasteiger charge is -2.33. The molecule has 1 unspecified atom stereocenters. The number of piperidine rings is 1. The number of nitrogens with one attached hydrogen (secondary N) is 1. The maximum atomic E-state index is 12.3. The molecule has 0 bridgehead atoms. The smallest absolute Gasteiger partial charge is 0.289 e. The first-order valence-corrected chi connectivity index (χ1v) is 7.96. The highest BCUT2D eigenvalue weighted by molar-refractivity contribution is 6.03. The second-order valence-corrected chi connectivity index (χ2v) is 6.16. The van der Waals surface area contributed by atoms with Crippen LogP contribution in [0.2, 0.25) is 0 Å². The van der Waals surface area contributed by atoms with E-state index in [9.17, 15) is 9.59 Å². The van der Waals surface area contributed by atoms with Crippen LogP contribution in [0.5, 0.6) is 0 Å². The summed E-state index contributed by atoms with van der Waals surface area (Å²) in [4.78, 5) is 26.4. The number of furan rings is 1. The van der Waals surface area contributed by atoms with E-state index >= 15 is 0 Å². The lowest BCUT2D eigenvalue weighted by atomic mass is 9.81. The zero-order valence-electron chi connectivity index (χ0n) is 12.7. The summed E-state index contributed by atoms with van der Waals surface area (Å²) in [6.45, 7) is 1.33. The van der Waals surface area contributed by atoms with Gasteiger partial charge in [-0.05, 0) is 42.5 Å². The molecular weight excluding hydrogens is 292 g/mol. The summed E-state index contributed by atoms with van der Waals surface area (Å²) < 4.78 is 5.18. The van der Waals surface area contributed by atoms with Crippen LogP contribution in [0, 0.1) is 5.92 Å². The normalized spacial score (nSPS) is 21.1. The van der Waals surface area contributed by atoms with Crippen molar-refractivity contribution in [2.24, 2.45) is 5.92 Å². The predicted molar refractivity (Wildman–Crippen MR) is 85.1 cm³/mol. The molecule has 1 N–H and O–H groups in total. The van der Waals surface area contributed by atoms with E-state index in [1.807, 2.05) is 29.2 Å². The van der Waals surface area contributed by atoms with Crippen LogP contribution in [-0.4, -0.2) is 29.8 Å². The van der Waals surface area contributed by atoms with Gasteiger partial charge in [-0.25, -0.2) is 0 Å². The van der Waals surface area contributed by atoms with Gasteiger partial charge in [0.2, 0.25) is 5.91 Å². The zero-order valence-corrected chi connectivity index (χ0v) is 12.7. The fraction of sp³-hybridized carbons (Fsp3) is 0.333. The first-order valence-electron chi connectivity index (χ1n) is 7.96. The van der Waals surface area contributed by atoms with Crippen LogP contribution in [-0.2, 0) is 4.79 Å². The SMILES string of the molecule is O=C1Nc2ccccc2C1C1CCN(C(=O)c2ccco2)CC1. The van der Waals surface area contributed by atoms with E-state index in [2.05, 4.69) is 5.32 Å². The lowest BCUT2D eigenvalue weighted by molar-refractivity contribution is -0.118. The summed E-state index contributed by atoms with van der Waals surface area (Å²) in [6.07, 6.45) is 3.18. The third-order valence-corrected chi connectivity index (χ3v) is 4.87. The maximum Gasteiger partial charge on any atom is 0.289 e. The van der Waals surface area contributed by atoms with Crippen molar-refractivity contribution in [2.45, 2.75) is 18.8 Å². The van der Waals surface area contributed by atoms with Crippen molar-refractivity contribution in [3.8, 4) is 0 Å². The Morgan fingerprint density at radius 1 is 1.13 bits per heavy atom. The first-order chi connectivity index (χ1) is 11.2. The van der Waals surface area contributed by atoms with Gasteiger partial charge in [0.05, 0.1) is 12.2 Å². The van der Waals surface area contributed by atoms with Crippen LogP contribution in [0.15, 0.2) is 47.1 Å². The Labute approximate surface area is 134 Å². The summed E-state index contributed by atoms with van der Waals surface area (Å²) in [5, 5.41) is 2.97. The van der Waals surface area contributed by atoms with Gasteiger partial charge in [-0.2, -0.15) is 0 Å². The Morgan fingerprint density at radius 3 is 2.65 bits per heavy atom. The molecule has 1 aromatic carbocycles. The Balaban J connectivity index is 1.46. The molecule has 0 radical (unpaired) electrons. The van der Waals surface area contributed by atoms with E-state index in [-0.39, 0.29) is 23.7 Å². The molecule has 2 amide bonds. The molecule has 5 heteroatoms. The molecule has 2 aromatic rings. The number of likely N-dealkylation sites (tertiary alicyclic amines) is 1. The van der Waals surface area contributed by atoms with Gasteiger partial charge in [-0.3, -0.25) is 9.59 Å². The number of para-hydroxylation sites is 1. The fourth-order valence-corrected chi connectivity index (χ4v) is 3.69. The maximum absolute atomic E-state index is 12.3. The lowest BCUT2D eigenvalue weighted by Crippen LogP contribution is -2.40. The van der Waals surface area contributed by atoms with E-state index < -0.39 is 0 Å². The van der Waals surface area contributed by atoms with E-state index in [0.29, 0.717) is 18.8 Å². The standard InChI is InChI=1S/C18H18N2O3/c21-17-16(13-4-1-2-5-14(13)19-17)12-7-9-20(10-8-12)18(22)15-6-3-11-23-15/h1-6,11-12,16H,7-10H2,(H,19,21). The minimum atomic E-state index is -0.0907. The van der Waals surface area contributed by atoms with Crippen molar-refractivity contribution in [3.05, 3.63) is 54.0 Å². The first kappa shape index (κ1) is 14.1. The van der Waals surface area contributed by atoms with Crippen molar-refractivity contribution < 1.29 is 14.0 Å². The summed E-state index contributed by atoms with van der Waals surface area (Å²) in [5.74, 6) is 0.588. The summed E-state index contributed by atoms with van der Waals surface area (Å²) in [6, 6.07) is 11.3. The number of carbonyl (C=O) groups is 2. The Kier molecular flexibility index (Phi) is 3.41. The largest absolute Gasteiger partial charge is 0.459 e. The average Bonchev–Trinajstić information content (AvgIpc) is 3.21. The molecule has 1 aromatic heterocycles. The number of carbonyl (C=O) groups excluding carboxylic acids is 2. The Hall–Kier alpha value is -2.56. The van der Waals surface area contributed by atoms with E-state index in [0.717, 1.165) is 24.1 Å². The molecule has 1 fully saturated rings. The minimum Gasteiger partial charge on any atom is -0.459 e. The van der Waals surface area contributed by atoms with Gasteiger partial charge in [0.25, 0.3) is 5.91 Å². The highest BCUT2D eigenvalue weighted by atomic mass is 16.3. The molecule has 23 heavy (non-hydrogen) atoms. The van der Waals surface area contributed by atoms with Crippen LogP contribution in [0.1, 0.15) is 34.9 Å². The predicted octanol–water partition coefficient (Wildman–Crippen LogP) is 2.87. The van der Waals surface area contributed by atoms with E-state index in [4.69, 9.17) is 4.42 Å². The third kappa shape index (κ3) is 2.42. The van der Waals surface area contributed by atoms with Gasteiger partial charge in [-0.1, -0.05) is 18.2 Å². The van der Waals surface area contributed by atoms with Crippen LogP contribution in [0.3, 0.4) is 0 Å². The van der Waals surface area contributed by atoms with E-state index in [1.165, 1.54) is 6.26 Å². The second-order valence-electron chi connectivity index (χ2n) is 6.16. The molecule has 2 aliphatic rings. The number of benzene rings is 1. The molecule has 1 saturated heterocycles. The monoisotopic (exact) mass is 310 g/mol. The van der Waals surface area contributed by atoms with Gasteiger partial charge in [0.15, 0.2) is 5.76 Å². The van der Waals surface area contributed by atoms with Crippen LogP contribution in [0.25, 0.3) is 0 Å². The highest BCUT2D eigenvalue weighted by Crippen LogP contribution is 2.41. The van der Waals surface area contributed by atoms with Crippen LogP contribution in [0.4, 0.5) is 5.69 Å². The average molecular weight is 310 g/mol. The molecule has 0 spiro atoms. The van der Waals surface area contributed by atoms with Crippen LogP contribution < -0.4 is 5.32 Å². The summed E-state index contributed by atoms with van der Waals surface area (Å²) in [7, 11) is 0. The highest BCUT2D eigenvalue weighted by Gasteiger charge is 2.38. The van der Waals surface area contributed by atoms with Gasteiger partial charge in [-0.15, -0.1) is 0 Å². The molecule has 0 aliphatic carbocycles. The molecule has 1 atom stereocenters. The van der Waals surface area contributed by atoms with Crippen LogP contribution >= 0.6 is 0 Å². The van der Waals surface area contributed by atoms with Gasteiger partial charge in [0.1, 0.15) is 0 Å². The van der Waals surface area contributed by atoms with Crippen molar-refractivity contribution >= 4 is 17.5 Å². The number of nitrogens with zero attached hydrogens (tertiary/aromatic N) is 1. The van der Waals surface area contributed by atoms with Crippen molar-refractivity contribution in [2.75, 3.05) is 18.4 Å². The molecule has 118 valence electrons. The molecule has 5 nitrogen and oxygen atoms in total. The molecular formula is C18H18N2O3. The summed E-state index contributed by atoms with van der Waals surface area (Å²) in [5.41, 5.74) is 2.02. The summed E-state index contributed by atoms with van der Waals surface area (Å²) >= 11 is 0. The number of anilines is 1.